The van der Waals surface area contributed by atoms with Crippen LogP contribution in [-0.4, -0.2) is 32.7 Å². The van der Waals surface area contributed by atoms with Crippen molar-refractivity contribution in [3.8, 4) is 0 Å². The molecule has 1 heterocycles. The number of rotatable bonds is 9. The summed E-state index contributed by atoms with van der Waals surface area (Å²) in [6, 6.07) is 12.0. The quantitative estimate of drug-likeness (QED) is 0.535. The Morgan fingerprint density at radius 3 is 2.77 bits per heavy atom. The van der Waals surface area contributed by atoms with Gasteiger partial charge < -0.3 is 14.5 Å². The number of carbonyl (C=O) groups excluding carboxylic acids is 1. The highest BCUT2D eigenvalue weighted by molar-refractivity contribution is 5.69. The van der Waals surface area contributed by atoms with E-state index in [1.165, 1.54) is 23.2 Å². The van der Waals surface area contributed by atoms with Gasteiger partial charge in [-0.2, -0.15) is 0 Å². The van der Waals surface area contributed by atoms with E-state index in [9.17, 15) is 9.18 Å². The van der Waals surface area contributed by atoms with E-state index < -0.39 is 0 Å². The van der Waals surface area contributed by atoms with Crippen molar-refractivity contribution >= 4 is 17.3 Å². The van der Waals surface area contributed by atoms with Crippen LogP contribution in [0.1, 0.15) is 49.8 Å². The second-order valence-electron chi connectivity index (χ2n) is 7.99. The molecule has 0 bridgehead atoms. The lowest BCUT2D eigenvalue weighted by molar-refractivity contribution is -0.143. The number of fused-ring (bicyclic) bond motifs is 1. The summed E-state index contributed by atoms with van der Waals surface area (Å²) in [5, 5.41) is 0. The summed E-state index contributed by atoms with van der Waals surface area (Å²) in [5.74, 6) is -0.564. The smallest absolute Gasteiger partial charge is 0.306 e. The normalized spacial score (nSPS) is 13.1. The van der Waals surface area contributed by atoms with Crippen LogP contribution in [0.4, 0.5) is 15.8 Å². The largest absolute Gasteiger partial charge is 0.466 e. The van der Waals surface area contributed by atoms with Crippen LogP contribution in [0.3, 0.4) is 0 Å². The molecule has 4 nitrogen and oxygen atoms in total. The van der Waals surface area contributed by atoms with E-state index in [4.69, 9.17) is 4.74 Å². The first-order chi connectivity index (χ1) is 14.5. The fraction of sp³-hybridized carbons (Fsp3) is 0.480. The van der Waals surface area contributed by atoms with Crippen LogP contribution in [0.25, 0.3) is 0 Å². The molecule has 0 aromatic heterocycles. The number of ether oxygens (including phenoxy) is 1. The number of hydrogen-bond acceptors (Lipinski definition) is 4. The van der Waals surface area contributed by atoms with Gasteiger partial charge in [-0.3, -0.25) is 4.79 Å². The Morgan fingerprint density at radius 2 is 2.03 bits per heavy atom. The van der Waals surface area contributed by atoms with Gasteiger partial charge in [0.05, 0.1) is 6.61 Å². The Morgan fingerprint density at radius 1 is 1.20 bits per heavy atom. The summed E-state index contributed by atoms with van der Waals surface area (Å²) >= 11 is 0. The molecule has 0 aliphatic carbocycles. The highest BCUT2D eigenvalue weighted by Gasteiger charge is 2.17. The third-order valence-corrected chi connectivity index (χ3v) is 5.66. The SMILES string of the molecule is CCCN1CCCc2ccc(CN(C)c3ccc(CCC(=O)OCC)c(F)c3)cc21. The highest BCUT2D eigenvalue weighted by atomic mass is 19.1. The van der Waals surface area contributed by atoms with Crippen molar-refractivity contribution in [3.63, 3.8) is 0 Å². The van der Waals surface area contributed by atoms with Crippen molar-refractivity contribution in [1.82, 2.24) is 0 Å². The Kier molecular flexibility index (Phi) is 7.72. The van der Waals surface area contributed by atoms with Gasteiger partial charge in [0, 0.05) is 44.5 Å². The van der Waals surface area contributed by atoms with Crippen LogP contribution < -0.4 is 9.80 Å². The molecule has 5 heteroatoms. The first-order valence-electron chi connectivity index (χ1n) is 11.0. The van der Waals surface area contributed by atoms with E-state index >= 15 is 0 Å². The van der Waals surface area contributed by atoms with E-state index in [2.05, 4.69) is 34.9 Å². The molecule has 0 atom stereocenters. The zero-order valence-electron chi connectivity index (χ0n) is 18.4. The molecule has 2 aromatic rings. The summed E-state index contributed by atoms with van der Waals surface area (Å²) in [6.45, 7) is 7.27. The van der Waals surface area contributed by atoms with Gasteiger partial charge in [-0.25, -0.2) is 4.39 Å². The average Bonchev–Trinajstić information content (AvgIpc) is 2.73. The minimum Gasteiger partial charge on any atom is -0.466 e. The van der Waals surface area contributed by atoms with Gasteiger partial charge in [0.15, 0.2) is 0 Å². The van der Waals surface area contributed by atoms with Gasteiger partial charge in [-0.1, -0.05) is 25.1 Å². The predicted octanol–water partition coefficient (Wildman–Crippen LogP) is 5.12. The van der Waals surface area contributed by atoms with Crippen LogP contribution in [0.2, 0.25) is 0 Å². The molecule has 1 aliphatic heterocycles. The Labute approximate surface area is 179 Å². The average molecular weight is 413 g/mol. The standard InChI is InChI=1S/C25H33FN2O2/c1-4-14-28-15-6-7-21-9-8-19(16-24(21)28)18-27(3)22-12-10-20(23(26)17-22)11-13-25(29)30-5-2/h8-10,12,16-17H,4-7,11,13-15,18H2,1-3H3. The van der Waals surface area contributed by atoms with E-state index in [0.717, 1.165) is 38.2 Å². The molecule has 0 fully saturated rings. The van der Waals surface area contributed by atoms with Gasteiger partial charge in [0.1, 0.15) is 5.82 Å². The summed E-state index contributed by atoms with van der Waals surface area (Å²) in [7, 11) is 1.98. The summed E-state index contributed by atoms with van der Waals surface area (Å²) in [4.78, 5) is 16.1. The van der Waals surface area contributed by atoms with Crippen molar-refractivity contribution in [2.24, 2.45) is 0 Å². The molecule has 0 spiro atoms. The zero-order chi connectivity index (χ0) is 21.5. The van der Waals surface area contributed by atoms with E-state index in [1.807, 2.05) is 13.1 Å². The van der Waals surface area contributed by atoms with Crippen LogP contribution in [0.15, 0.2) is 36.4 Å². The molecule has 0 saturated heterocycles. The fourth-order valence-corrected chi connectivity index (χ4v) is 4.11. The molecule has 0 unspecified atom stereocenters. The third kappa shape index (κ3) is 5.53. The highest BCUT2D eigenvalue weighted by Crippen LogP contribution is 2.29. The molecule has 1 aliphatic rings. The zero-order valence-corrected chi connectivity index (χ0v) is 18.4. The fourth-order valence-electron chi connectivity index (χ4n) is 4.11. The van der Waals surface area contributed by atoms with Gasteiger partial charge in [0.25, 0.3) is 0 Å². The molecule has 0 radical (unpaired) electrons. The van der Waals surface area contributed by atoms with Crippen LogP contribution in [0.5, 0.6) is 0 Å². The molecule has 0 amide bonds. The molecule has 30 heavy (non-hydrogen) atoms. The first kappa shape index (κ1) is 22.1. The van der Waals surface area contributed by atoms with E-state index in [-0.39, 0.29) is 18.2 Å². The number of carbonyl (C=O) groups is 1. The van der Waals surface area contributed by atoms with Crippen LogP contribution in [-0.2, 0) is 28.9 Å². The lowest BCUT2D eigenvalue weighted by atomic mass is 9.99. The lowest BCUT2D eigenvalue weighted by Gasteiger charge is -2.32. The number of hydrogen-bond donors (Lipinski definition) is 0. The van der Waals surface area contributed by atoms with Crippen molar-refractivity contribution < 1.29 is 13.9 Å². The molecule has 2 aromatic carbocycles. The Hall–Kier alpha value is -2.56. The minimum atomic E-state index is -0.289. The van der Waals surface area contributed by atoms with Gasteiger partial charge in [-0.05, 0) is 67.5 Å². The van der Waals surface area contributed by atoms with Crippen molar-refractivity contribution in [1.29, 1.82) is 0 Å². The first-order valence-corrected chi connectivity index (χ1v) is 11.0. The molecule has 0 saturated carbocycles. The third-order valence-electron chi connectivity index (χ3n) is 5.66. The number of nitrogens with zero attached hydrogens (tertiary/aromatic N) is 2. The maximum absolute atomic E-state index is 14.6. The molecular weight excluding hydrogens is 379 g/mol. The van der Waals surface area contributed by atoms with Crippen LogP contribution >= 0.6 is 0 Å². The number of esters is 1. The molecular formula is C25H33FN2O2. The summed E-state index contributed by atoms with van der Waals surface area (Å²) in [5.41, 5.74) is 5.39. The van der Waals surface area contributed by atoms with Gasteiger partial charge >= 0.3 is 5.97 Å². The lowest BCUT2D eigenvalue weighted by Crippen LogP contribution is -2.30. The molecule has 3 rings (SSSR count). The van der Waals surface area contributed by atoms with Crippen molar-refractivity contribution in [2.45, 2.75) is 52.5 Å². The second kappa shape index (κ2) is 10.5. The summed E-state index contributed by atoms with van der Waals surface area (Å²) < 4.78 is 19.5. The molecule has 162 valence electrons. The number of halogens is 1. The van der Waals surface area contributed by atoms with Gasteiger partial charge in [-0.15, -0.1) is 0 Å². The van der Waals surface area contributed by atoms with Crippen molar-refractivity contribution in [3.05, 3.63) is 58.9 Å². The second-order valence-corrected chi connectivity index (χ2v) is 7.99. The maximum Gasteiger partial charge on any atom is 0.306 e. The monoisotopic (exact) mass is 412 g/mol. The number of aryl methyl sites for hydroxylation is 2. The maximum atomic E-state index is 14.6. The number of benzene rings is 2. The van der Waals surface area contributed by atoms with Crippen molar-refractivity contribution in [2.75, 3.05) is 36.5 Å². The Balaban J connectivity index is 1.67. The minimum absolute atomic E-state index is 0.198. The predicted molar refractivity (Wildman–Crippen MR) is 121 cm³/mol. The van der Waals surface area contributed by atoms with Crippen LogP contribution in [0, 0.1) is 5.82 Å². The summed E-state index contributed by atoms with van der Waals surface area (Å²) in [6.07, 6.45) is 4.06. The number of anilines is 2. The van der Waals surface area contributed by atoms with Gasteiger partial charge in [0.2, 0.25) is 0 Å². The Bertz CT molecular complexity index is 868. The topological polar surface area (TPSA) is 32.8 Å². The van der Waals surface area contributed by atoms with E-state index in [1.54, 1.807) is 19.1 Å². The van der Waals surface area contributed by atoms with E-state index in [0.29, 0.717) is 18.6 Å². The molecule has 0 N–H and O–H groups in total.